The summed E-state index contributed by atoms with van der Waals surface area (Å²) < 4.78 is 5.35. The molecule has 1 aliphatic rings. The molecule has 0 radical (unpaired) electrons. The van der Waals surface area contributed by atoms with E-state index in [1.807, 2.05) is 12.1 Å². The first-order chi connectivity index (χ1) is 13.2. The van der Waals surface area contributed by atoms with Gasteiger partial charge in [0.25, 0.3) is 5.91 Å². The fourth-order valence-electron chi connectivity index (χ4n) is 3.40. The zero-order chi connectivity index (χ0) is 20.5. The Morgan fingerprint density at radius 1 is 1.07 bits per heavy atom. The van der Waals surface area contributed by atoms with E-state index in [2.05, 4.69) is 25.2 Å². The first kappa shape index (κ1) is 19.7. The number of carbonyl (C=O) groups excluding carboxylic acids is 2. The third-order valence-electron chi connectivity index (χ3n) is 4.81. The fraction of sp³-hybridized carbons (Fsp3) is 0.304. The van der Waals surface area contributed by atoms with Crippen molar-refractivity contribution in [3.63, 3.8) is 0 Å². The Morgan fingerprint density at radius 3 is 2.32 bits per heavy atom. The summed E-state index contributed by atoms with van der Waals surface area (Å²) in [4.78, 5) is 26.4. The summed E-state index contributed by atoms with van der Waals surface area (Å²) >= 11 is 0. The highest BCUT2D eigenvalue weighted by Crippen LogP contribution is 2.32. The van der Waals surface area contributed by atoms with Crippen LogP contribution in [-0.4, -0.2) is 43.3 Å². The van der Waals surface area contributed by atoms with Crippen molar-refractivity contribution in [2.45, 2.75) is 25.8 Å². The van der Waals surface area contributed by atoms with Gasteiger partial charge in [0.1, 0.15) is 5.75 Å². The van der Waals surface area contributed by atoms with Crippen LogP contribution >= 0.6 is 0 Å². The summed E-state index contributed by atoms with van der Waals surface area (Å²) in [6, 6.07) is 12.7. The minimum absolute atomic E-state index is 0.0888. The fourth-order valence-corrected chi connectivity index (χ4v) is 3.40. The van der Waals surface area contributed by atoms with E-state index < -0.39 is 0 Å². The van der Waals surface area contributed by atoms with Crippen LogP contribution in [0.25, 0.3) is 5.70 Å². The molecular weight excluding hydrogens is 352 g/mol. The second kappa shape index (κ2) is 7.50. The van der Waals surface area contributed by atoms with Gasteiger partial charge in [-0.25, -0.2) is 0 Å². The van der Waals surface area contributed by atoms with E-state index in [9.17, 15) is 9.59 Å². The van der Waals surface area contributed by atoms with Crippen molar-refractivity contribution in [2.75, 3.05) is 21.2 Å². The van der Waals surface area contributed by atoms with Crippen LogP contribution < -0.4 is 10.1 Å². The highest BCUT2D eigenvalue weighted by atomic mass is 16.5. The second-order valence-corrected chi connectivity index (χ2v) is 7.91. The first-order valence-corrected chi connectivity index (χ1v) is 9.23. The predicted octanol–water partition coefficient (Wildman–Crippen LogP) is 3.55. The molecule has 5 nitrogen and oxygen atoms in total. The summed E-state index contributed by atoms with van der Waals surface area (Å²) in [7, 11) is 5.04. The van der Waals surface area contributed by atoms with Crippen LogP contribution in [0.3, 0.4) is 0 Å². The van der Waals surface area contributed by atoms with Crippen LogP contribution in [-0.2, 0) is 6.42 Å². The number of rotatable bonds is 4. The number of amides is 1. The van der Waals surface area contributed by atoms with Crippen molar-refractivity contribution in [3.8, 4) is 5.75 Å². The molecule has 0 spiro atoms. The lowest BCUT2D eigenvalue weighted by Crippen LogP contribution is -2.43. The van der Waals surface area contributed by atoms with Crippen LogP contribution in [0.5, 0.6) is 5.75 Å². The summed E-state index contributed by atoms with van der Waals surface area (Å²) in [6.07, 6.45) is 2.49. The molecule has 0 aliphatic carbocycles. The van der Waals surface area contributed by atoms with Crippen LogP contribution in [0.15, 0.2) is 48.5 Å². The number of benzene rings is 2. The number of nitrogens with zero attached hydrogens (tertiary/aromatic N) is 1. The number of methoxy groups -OCH3 is 1. The van der Waals surface area contributed by atoms with E-state index in [0.717, 1.165) is 23.4 Å². The minimum atomic E-state index is -0.157. The number of hydrogen-bond donors (Lipinski definition) is 1. The maximum absolute atomic E-state index is 12.9. The lowest BCUT2D eigenvalue weighted by molar-refractivity contribution is 0.0827. The van der Waals surface area contributed by atoms with Gasteiger partial charge < -0.3 is 15.0 Å². The van der Waals surface area contributed by atoms with E-state index in [1.54, 1.807) is 51.5 Å². The topological polar surface area (TPSA) is 58.6 Å². The molecule has 1 aliphatic heterocycles. The molecule has 0 aromatic heterocycles. The number of fused-ring (bicyclic) bond motifs is 1. The summed E-state index contributed by atoms with van der Waals surface area (Å²) in [6.45, 7) is 4.22. The molecule has 2 aromatic rings. The summed E-state index contributed by atoms with van der Waals surface area (Å²) in [5.41, 5.74) is 3.87. The Morgan fingerprint density at radius 2 is 1.71 bits per heavy atom. The highest BCUT2D eigenvalue weighted by molar-refractivity contribution is 6.09. The van der Waals surface area contributed by atoms with E-state index in [0.29, 0.717) is 11.1 Å². The number of ketones is 1. The number of nitrogens with one attached hydrogen (secondary N) is 1. The van der Waals surface area contributed by atoms with Gasteiger partial charge in [0.05, 0.1) is 7.11 Å². The van der Waals surface area contributed by atoms with E-state index in [-0.39, 0.29) is 17.2 Å². The number of hydrogen-bond acceptors (Lipinski definition) is 4. The van der Waals surface area contributed by atoms with E-state index in [4.69, 9.17) is 4.74 Å². The van der Waals surface area contributed by atoms with Gasteiger partial charge in [-0.2, -0.15) is 0 Å². The van der Waals surface area contributed by atoms with Crippen molar-refractivity contribution < 1.29 is 14.3 Å². The van der Waals surface area contributed by atoms with Gasteiger partial charge in [0.15, 0.2) is 5.78 Å². The van der Waals surface area contributed by atoms with Crippen LogP contribution in [0.2, 0.25) is 0 Å². The van der Waals surface area contributed by atoms with E-state index >= 15 is 0 Å². The Kier molecular flexibility index (Phi) is 5.27. The van der Waals surface area contributed by atoms with Gasteiger partial charge in [-0.3, -0.25) is 9.59 Å². The molecule has 1 heterocycles. The maximum atomic E-state index is 12.9. The van der Waals surface area contributed by atoms with Crippen molar-refractivity contribution in [1.82, 2.24) is 10.2 Å². The van der Waals surface area contributed by atoms with Crippen molar-refractivity contribution in [3.05, 3.63) is 70.8 Å². The van der Waals surface area contributed by atoms with Gasteiger partial charge in [-0.1, -0.05) is 18.2 Å². The van der Waals surface area contributed by atoms with Crippen molar-refractivity contribution in [2.24, 2.45) is 0 Å². The van der Waals surface area contributed by atoms with Gasteiger partial charge in [-0.15, -0.1) is 0 Å². The van der Waals surface area contributed by atoms with Crippen LogP contribution in [0.1, 0.15) is 45.7 Å². The second-order valence-electron chi connectivity index (χ2n) is 7.91. The standard InChI is InChI=1S/C23H26N2O3/c1-23(2)14-17-10-11-18(28-5)12-19(17)20(24-23)13-21(26)15-6-8-16(9-7-15)22(27)25(3)4/h6-13,24H,14H2,1-5H3/b20-13-. The molecule has 2 aromatic carbocycles. The van der Waals surface area contributed by atoms with E-state index in [1.165, 1.54) is 10.5 Å². The summed E-state index contributed by atoms with van der Waals surface area (Å²) in [5.74, 6) is 0.553. The molecule has 0 fully saturated rings. The molecule has 0 bridgehead atoms. The van der Waals surface area contributed by atoms with Gasteiger partial charge in [0.2, 0.25) is 0 Å². The third-order valence-corrected chi connectivity index (χ3v) is 4.81. The van der Waals surface area contributed by atoms with Crippen molar-refractivity contribution >= 4 is 17.4 Å². The molecule has 146 valence electrons. The molecular formula is C23H26N2O3. The first-order valence-electron chi connectivity index (χ1n) is 9.23. The van der Waals surface area contributed by atoms with Crippen LogP contribution in [0, 0.1) is 0 Å². The molecule has 1 N–H and O–H groups in total. The largest absolute Gasteiger partial charge is 0.497 e. The quantitative estimate of drug-likeness (QED) is 0.653. The van der Waals surface area contributed by atoms with Crippen LogP contribution in [0.4, 0.5) is 0 Å². The summed E-state index contributed by atoms with van der Waals surface area (Å²) in [5, 5.41) is 3.47. The molecule has 28 heavy (non-hydrogen) atoms. The molecule has 0 saturated heterocycles. The maximum Gasteiger partial charge on any atom is 0.253 e. The van der Waals surface area contributed by atoms with Gasteiger partial charge in [-0.05, 0) is 50.1 Å². The normalized spacial score (nSPS) is 16.1. The Labute approximate surface area is 166 Å². The number of ether oxygens (including phenoxy) is 1. The average Bonchev–Trinajstić information content (AvgIpc) is 2.66. The Hall–Kier alpha value is -3.08. The number of allylic oxidation sites excluding steroid dienone is 1. The lowest BCUT2D eigenvalue weighted by atomic mass is 9.85. The average molecular weight is 378 g/mol. The monoisotopic (exact) mass is 378 g/mol. The molecule has 0 atom stereocenters. The van der Waals surface area contributed by atoms with Gasteiger partial charge >= 0.3 is 0 Å². The molecule has 0 unspecified atom stereocenters. The minimum Gasteiger partial charge on any atom is -0.497 e. The third kappa shape index (κ3) is 4.09. The Bertz CT molecular complexity index is 941. The zero-order valence-corrected chi connectivity index (χ0v) is 17.0. The molecule has 5 heteroatoms. The number of carbonyl (C=O) groups is 2. The predicted molar refractivity (Wildman–Crippen MR) is 111 cm³/mol. The van der Waals surface area contributed by atoms with Crippen molar-refractivity contribution in [1.29, 1.82) is 0 Å². The lowest BCUT2D eigenvalue weighted by Gasteiger charge is -2.35. The molecule has 1 amide bonds. The SMILES string of the molecule is COc1ccc2c(c1)/C(=C/C(=O)c1ccc(C(=O)N(C)C)cc1)NC(C)(C)C2. The van der Waals surface area contributed by atoms with Gasteiger partial charge in [0, 0.05) is 48.1 Å². The molecule has 3 rings (SSSR count). The zero-order valence-electron chi connectivity index (χ0n) is 17.0. The smallest absolute Gasteiger partial charge is 0.253 e. The highest BCUT2D eigenvalue weighted by Gasteiger charge is 2.28. The Balaban J connectivity index is 1.94. The molecule has 0 saturated carbocycles.